The molecule has 2 saturated carbocycles. The first kappa shape index (κ1) is 61.3. The number of nitrogens with zero attached hydrogens (tertiary/aromatic N) is 6. The fourth-order valence-electron chi connectivity index (χ4n) is 9.04. The molecule has 24 heteroatoms. The topological polar surface area (TPSA) is 248 Å². The van der Waals surface area contributed by atoms with Crippen molar-refractivity contribution >= 4 is 74.9 Å². The van der Waals surface area contributed by atoms with Gasteiger partial charge >= 0.3 is 0 Å². The van der Waals surface area contributed by atoms with E-state index < -0.39 is 34.1 Å². The van der Waals surface area contributed by atoms with Gasteiger partial charge in [-0.05, 0) is 123 Å². The Bertz CT molecular complexity index is 3740. The Morgan fingerprint density at radius 2 is 0.988 bits per heavy atom. The number of rotatable bonds is 18. The van der Waals surface area contributed by atoms with Crippen LogP contribution in [0.2, 0.25) is 0 Å². The average molecular weight is 1160 g/mol. The first-order valence-corrected chi connectivity index (χ1v) is 25.3. The smallest absolute Gasteiger partial charge is 0.255 e. The maximum Gasteiger partial charge on any atom is 0.255 e. The van der Waals surface area contributed by atoms with Crippen molar-refractivity contribution in [3.8, 4) is 40.5 Å². The zero-order valence-corrected chi connectivity index (χ0v) is 46.3. The summed E-state index contributed by atoms with van der Waals surface area (Å²) in [6, 6.07) is 22.2. The molecule has 0 bridgehead atoms. The number of amides is 3. The van der Waals surface area contributed by atoms with Crippen molar-refractivity contribution in [3.05, 3.63) is 162 Å². The molecular weight excluding hydrogens is 1110 g/mol. The number of pyridine rings is 4. The van der Waals surface area contributed by atoms with E-state index in [1.54, 1.807) is 6.07 Å². The highest BCUT2D eigenvalue weighted by Gasteiger charge is 2.58. The second-order valence-electron chi connectivity index (χ2n) is 18.9. The van der Waals surface area contributed by atoms with Gasteiger partial charge in [-0.15, -0.1) is 12.4 Å². The molecule has 0 spiro atoms. The number of benzene rings is 4. The molecule has 4 N–H and O–H groups in total. The van der Waals surface area contributed by atoms with Gasteiger partial charge in [-0.25, -0.2) is 32.8 Å². The monoisotopic (exact) mass is 1160 g/mol. The van der Waals surface area contributed by atoms with E-state index in [-0.39, 0.29) is 106 Å². The Labute approximate surface area is 478 Å². The Morgan fingerprint density at radius 1 is 0.578 bits per heavy atom. The van der Waals surface area contributed by atoms with Gasteiger partial charge < -0.3 is 44.7 Å². The zero-order chi connectivity index (χ0) is 59.0. The lowest BCUT2D eigenvalue weighted by atomic mass is 9.94. The molecule has 19 nitrogen and oxygen atoms in total. The van der Waals surface area contributed by atoms with Crippen molar-refractivity contribution in [1.82, 2.24) is 25.3 Å². The number of nitrogens with two attached hydrogens (primary N) is 1. The minimum absolute atomic E-state index is 0. The molecule has 0 saturated heterocycles. The standard InChI is InChI=1S/C30H26F2N4O5.C28H23F2N3O6.CH5N.ClH/c1-33-27(38)21-14-20-23(15-25(21)40-3)34-11-8-24(20)41-28-22(32)12-17(16-35-28)13-26(37)30(9-10-30)29(39)36(2)19-6-4-18(31)5-7-19;1-33(18-5-3-17(29)4-6-18)27(35)28(8-9-28)25(34)12-16-11-20(30)26(32-15-16)38-22-7-10-31-21-14-23(37-2)24(39-36)13-19(21)22;1-2;/h4-8,11-12,14-16H,9-10,13H2,1-3H3,(H,33,38);3-7,10-11,13-15,36H,8-9,12H2,1-2H3;2H2,1H3;1H. The van der Waals surface area contributed by atoms with Gasteiger partial charge in [-0.3, -0.25) is 33.9 Å². The summed E-state index contributed by atoms with van der Waals surface area (Å²) in [7, 11) is 8.89. The summed E-state index contributed by atoms with van der Waals surface area (Å²) in [6.07, 6.45) is 6.70. The fourth-order valence-corrected chi connectivity index (χ4v) is 9.04. The van der Waals surface area contributed by atoms with E-state index in [0.717, 1.165) is 12.1 Å². The van der Waals surface area contributed by atoms with Crippen LogP contribution in [0.15, 0.2) is 122 Å². The summed E-state index contributed by atoms with van der Waals surface area (Å²) in [4.78, 5) is 88.6. The predicted molar refractivity (Wildman–Crippen MR) is 300 cm³/mol. The number of ketones is 2. The molecule has 432 valence electrons. The second kappa shape index (κ2) is 26.1. The number of fused-ring (bicyclic) bond motifs is 2. The number of Topliss-reactive ketones (excluding diaryl/α,β-unsaturated/α-hetero) is 2. The third-order valence-corrected chi connectivity index (χ3v) is 13.9. The first-order chi connectivity index (χ1) is 39.4. The maximum absolute atomic E-state index is 15.1. The van der Waals surface area contributed by atoms with Gasteiger partial charge in [-0.1, -0.05) is 0 Å². The molecule has 83 heavy (non-hydrogen) atoms. The van der Waals surface area contributed by atoms with Crippen molar-refractivity contribution in [3.63, 3.8) is 0 Å². The van der Waals surface area contributed by atoms with Crippen molar-refractivity contribution in [2.45, 2.75) is 38.5 Å². The van der Waals surface area contributed by atoms with Gasteiger partial charge in [0, 0.05) is 99.1 Å². The third kappa shape index (κ3) is 13.1. The summed E-state index contributed by atoms with van der Waals surface area (Å²) in [5.41, 5.74) is 4.76. The zero-order valence-electron chi connectivity index (χ0n) is 45.5. The minimum atomic E-state index is -1.20. The number of ether oxygens (including phenoxy) is 4. The summed E-state index contributed by atoms with van der Waals surface area (Å²) in [6.45, 7) is 0. The van der Waals surface area contributed by atoms with Crippen LogP contribution in [0.25, 0.3) is 21.8 Å². The lowest BCUT2D eigenvalue weighted by Gasteiger charge is -2.23. The van der Waals surface area contributed by atoms with E-state index in [9.17, 15) is 37.1 Å². The Kier molecular flexibility index (Phi) is 19.3. The minimum Gasteiger partial charge on any atom is -0.496 e. The maximum atomic E-state index is 15.1. The third-order valence-electron chi connectivity index (χ3n) is 13.9. The largest absolute Gasteiger partial charge is 0.496 e. The molecule has 8 aromatic rings. The van der Waals surface area contributed by atoms with Gasteiger partial charge in [0.05, 0.1) is 30.8 Å². The molecule has 0 atom stereocenters. The quantitative estimate of drug-likeness (QED) is 0.0313. The normalized spacial score (nSPS) is 13.1. The lowest BCUT2D eigenvalue weighted by molar-refractivity contribution is -0.138. The number of carbonyl (C=O) groups is 5. The Balaban J connectivity index is 0.000000229. The van der Waals surface area contributed by atoms with Gasteiger partial charge in [-0.2, -0.15) is 0 Å². The number of anilines is 2. The molecule has 0 radical (unpaired) electrons. The van der Waals surface area contributed by atoms with Crippen LogP contribution < -0.4 is 44.7 Å². The molecule has 2 fully saturated rings. The fraction of sp³-hybridized carbons (Fsp3) is 0.237. The number of hydrogen-bond donors (Lipinski definition) is 3. The van der Waals surface area contributed by atoms with E-state index >= 15 is 4.39 Å². The Morgan fingerprint density at radius 3 is 1.36 bits per heavy atom. The summed E-state index contributed by atoms with van der Waals surface area (Å²) >= 11 is 0. The summed E-state index contributed by atoms with van der Waals surface area (Å²) in [5.74, 6) is -4.02. The lowest BCUT2D eigenvalue weighted by Crippen LogP contribution is -2.39. The highest BCUT2D eigenvalue weighted by Crippen LogP contribution is 2.50. The Hall–Kier alpha value is -9.32. The number of nitrogens with one attached hydrogen (secondary N) is 1. The van der Waals surface area contributed by atoms with E-state index in [4.69, 9.17) is 24.2 Å². The van der Waals surface area contributed by atoms with Crippen LogP contribution in [0, 0.1) is 34.1 Å². The molecular formula is C59H55ClF4N8O11. The highest BCUT2D eigenvalue weighted by molar-refractivity contribution is 6.16. The van der Waals surface area contributed by atoms with Crippen LogP contribution in [-0.4, -0.2) is 96.9 Å². The summed E-state index contributed by atoms with van der Waals surface area (Å²) < 4.78 is 78.5. The molecule has 0 aliphatic heterocycles. The van der Waals surface area contributed by atoms with Crippen LogP contribution >= 0.6 is 12.4 Å². The van der Waals surface area contributed by atoms with Gasteiger partial charge in [0.1, 0.15) is 39.7 Å². The number of halogens is 5. The predicted octanol–water partition coefficient (Wildman–Crippen LogP) is 9.74. The van der Waals surface area contributed by atoms with Gasteiger partial charge in [0.25, 0.3) is 17.7 Å². The van der Waals surface area contributed by atoms with Gasteiger partial charge in [0.15, 0.2) is 29.0 Å². The van der Waals surface area contributed by atoms with Crippen LogP contribution in [0.4, 0.5) is 28.9 Å². The average Bonchev–Trinajstić information content (AvgIpc) is 4.62. The van der Waals surface area contributed by atoms with E-state index in [2.05, 4.69) is 35.9 Å². The molecule has 0 unspecified atom stereocenters. The second-order valence-corrected chi connectivity index (χ2v) is 18.9. The van der Waals surface area contributed by atoms with Crippen LogP contribution in [0.5, 0.6) is 40.5 Å². The molecule has 2 aliphatic rings. The number of hydrogen-bond acceptors (Lipinski definition) is 16. The van der Waals surface area contributed by atoms with Crippen LogP contribution in [0.1, 0.15) is 47.2 Å². The molecule has 4 heterocycles. The van der Waals surface area contributed by atoms with Crippen LogP contribution in [0.3, 0.4) is 0 Å². The molecule has 4 aromatic carbocycles. The first-order valence-electron chi connectivity index (χ1n) is 25.3. The molecule has 10 rings (SSSR count). The molecule has 3 amide bonds. The molecule has 4 aromatic heterocycles. The van der Waals surface area contributed by atoms with E-state index in [1.807, 2.05) is 0 Å². The van der Waals surface area contributed by atoms with Crippen LogP contribution in [-0.2, 0) is 32.0 Å². The highest BCUT2D eigenvalue weighted by atomic mass is 35.5. The molecule has 2 aliphatic carbocycles. The number of aromatic nitrogens is 4. The summed E-state index contributed by atoms with van der Waals surface area (Å²) in [5, 5.41) is 12.5. The number of carbonyl (C=O) groups excluding carboxylic acids is 5. The van der Waals surface area contributed by atoms with Gasteiger partial charge in [0.2, 0.25) is 17.6 Å². The van der Waals surface area contributed by atoms with Crippen molar-refractivity contribution in [2.24, 2.45) is 16.6 Å². The SMILES string of the molecule is CN.CNC(=O)c1cc2c(Oc3ncc(CC(=O)C4(C(=O)N(C)c5ccc(F)cc5)CC4)cc3F)ccnc2cc1OC.COc1cc2nccc(Oc3ncc(CC(=O)C4(C(=O)N(C)c5ccc(F)cc5)CC4)cc3F)c2cc1OO.Cl. The van der Waals surface area contributed by atoms with Crippen molar-refractivity contribution in [2.75, 3.05) is 52.2 Å². The van der Waals surface area contributed by atoms with E-state index in [1.165, 1.54) is 156 Å². The van der Waals surface area contributed by atoms with Crippen molar-refractivity contribution in [1.29, 1.82) is 0 Å². The van der Waals surface area contributed by atoms with E-state index in [0.29, 0.717) is 64.6 Å². The van der Waals surface area contributed by atoms with Crippen molar-refractivity contribution < 1.29 is 70.6 Å². The number of methoxy groups -OCH3 is 2.